The van der Waals surface area contributed by atoms with Gasteiger partial charge in [0.05, 0.1) is 0 Å². The Morgan fingerprint density at radius 3 is 2.40 bits per heavy atom. The van der Waals surface area contributed by atoms with Crippen LogP contribution >= 0.6 is 0 Å². The molecule has 1 aliphatic rings. The van der Waals surface area contributed by atoms with E-state index < -0.39 is 0 Å². The fourth-order valence-electron chi connectivity index (χ4n) is 2.75. The van der Waals surface area contributed by atoms with E-state index in [2.05, 4.69) is 38.1 Å². The zero-order valence-electron chi connectivity index (χ0n) is 14.9. The maximum absolute atomic E-state index is 9.02. The van der Waals surface area contributed by atoms with Gasteiger partial charge >= 0.3 is 0 Å². The Hall–Kier alpha value is -3.04. The van der Waals surface area contributed by atoms with Crippen LogP contribution in [0.15, 0.2) is 65.2 Å². The first-order valence-electron chi connectivity index (χ1n) is 8.47. The average Bonchev–Trinajstić information content (AvgIpc) is 2.61. The molecule has 0 saturated heterocycles. The van der Waals surface area contributed by atoms with Crippen molar-refractivity contribution in [2.75, 3.05) is 0 Å². The topological polar surface area (TPSA) is 56.8 Å². The third kappa shape index (κ3) is 4.96. The minimum Gasteiger partial charge on any atom is -0.462 e. The van der Waals surface area contributed by atoms with Crippen LogP contribution in [0.4, 0.5) is 0 Å². The predicted octanol–water partition coefficient (Wildman–Crippen LogP) is 5.77. The van der Waals surface area contributed by atoms with E-state index in [9.17, 15) is 0 Å². The van der Waals surface area contributed by atoms with Crippen molar-refractivity contribution in [1.82, 2.24) is 0 Å². The van der Waals surface area contributed by atoms with Crippen molar-refractivity contribution in [3.05, 3.63) is 76.3 Å². The Kier molecular flexibility index (Phi) is 6.38. The molecule has 3 nitrogen and oxygen atoms in total. The summed E-state index contributed by atoms with van der Waals surface area (Å²) in [6.45, 7) is 6.26. The van der Waals surface area contributed by atoms with Gasteiger partial charge in [0, 0.05) is 5.57 Å². The van der Waals surface area contributed by atoms with Crippen molar-refractivity contribution < 1.29 is 4.74 Å². The molecular weight excluding hydrogens is 308 g/mol. The molecule has 0 bridgehead atoms. The van der Waals surface area contributed by atoms with E-state index in [0.717, 1.165) is 5.56 Å². The molecule has 3 heteroatoms. The van der Waals surface area contributed by atoms with E-state index in [0.29, 0.717) is 23.0 Å². The molecule has 126 valence electrons. The highest BCUT2D eigenvalue weighted by atomic mass is 16.5. The maximum Gasteiger partial charge on any atom is 0.137 e. The Morgan fingerprint density at radius 1 is 1.12 bits per heavy atom. The quantitative estimate of drug-likeness (QED) is 0.644. The van der Waals surface area contributed by atoms with Crippen LogP contribution in [0.1, 0.15) is 50.7 Å². The summed E-state index contributed by atoms with van der Waals surface area (Å²) in [5.41, 5.74) is 3.10. The molecule has 0 N–H and O–H groups in total. The first-order chi connectivity index (χ1) is 12.1. The lowest BCUT2D eigenvalue weighted by molar-refractivity contribution is 0.318. The number of benzene rings is 1. The molecule has 0 radical (unpaired) electrons. The van der Waals surface area contributed by atoms with Gasteiger partial charge in [0.1, 0.15) is 29.2 Å². The third-order valence-corrected chi connectivity index (χ3v) is 4.11. The number of hydrogen-bond acceptors (Lipinski definition) is 3. The molecule has 2 rings (SSSR count). The standard InChI is InChI=1S/C22H22N2O/c1-4-5-16(2)19-9-6-18(7-10-19)8-11-22-13-20(12-17(3)25-22)21(14-23)15-24/h6-13,16H,4-5H2,1-3H3/b11-8+. The van der Waals surface area contributed by atoms with Crippen molar-refractivity contribution in [2.24, 2.45) is 0 Å². The zero-order valence-corrected chi connectivity index (χ0v) is 14.9. The fourth-order valence-corrected chi connectivity index (χ4v) is 2.75. The summed E-state index contributed by atoms with van der Waals surface area (Å²) < 4.78 is 5.65. The van der Waals surface area contributed by atoms with E-state index in [-0.39, 0.29) is 5.57 Å². The summed E-state index contributed by atoms with van der Waals surface area (Å²) in [5.74, 6) is 1.84. The van der Waals surface area contributed by atoms with E-state index in [4.69, 9.17) is 15.3 Å². The molecule has 1 aromatic rings. The number of nitrogens with zero attached hydrogens (tertiary/aromatic N) is 2. The molecule has 0 saturated carbocycles. The number of ether oxygens (including phenoxy) is 1. The van der Waals surface area contributed by atoms with E-state index in [1.807, 2.05) is 24.3 Å². The lowest BCUT2D eigenvalue weighted by atomic mass is 9.95. The summed E-state index contributed by atoms with van der Waals surface area (Å²) in [6, 6.07) is 12.3. The molecule has 0 fully saturated rings. The summed E-state index contributed by atoms with van der Waals surface area (Å²) in [5, 5.41) is 18.0. The zero-order chi connectivity index (χ0) is 18.2. The van der Waals surface area contributed by atoms with Gasteiger partial charge in [-0.1, -0.05) is 50.6 Å². The van der Waals surface area contributed by atoms with Gasteiger partial charge in [-0.15, -0.1) is 0 Å². The summed E-state index contributed by atoms with van der Waals surface area (Å²) in [6.07, 6.45) is 9.61. The number of nitriles is 2. The van der Waals surface area contributed by atoms with Crippen molar-refractivity contribution in [1.29, 1.82) is 10.5 Å². The summed E-state index contributed by atoms with van der Waals surface area (Å²) in [4.78, 5) is 0. The highest BCUT2D eigenvalue weighted by Gasteiger charge is 2.10. The van der Waals surface area contributed by atoms with Crippen LogP contribution in [0.25, 0.3) is 6.08 Å². The van der Waals surface area contributed by atoms with Crippen LogP contribution in [0.3, 0.4) is 0 Å². The van der Waals surface area contributed by atoms with Gasteiger partial charge in [0.15, 0.2) is 0 Å². The number of hydrogen-bond donors (Lipinski definition) is 0. The lowest BCUT2D eigenvalue weighted by Crippen LogP contribution is -1.97. The molecule has 1 heterocycles. The SMILES string of the molecule is CCCC(C)c1ccc(/C=C/C2=CC(=C(C#N)C#N)C=C(C)O2)cc1. The van der Waals surface area contributed by atoms with Gasteiger partial charge in [0.25, 0.3) is 0 Å². The largest absolute Gasteiger partial charge is 0.462 e. The molecule has 1 atom stereocenters. The molecule has 1 unspecified atom stereocenters. The molecular formula is C22H22N2O. The van der Waals surface area contributed by atoms with Gasteiger partial charge in [-0.2, -0.15) is 10.5 Å². The lowest BCUT2D eigenvalue weighted by Gasteiger charge is -2.13. The van der Waals surface area contributed by atoms with Crippen molar-refractivity contribution in [2.45, 2.75) is 39.5 Å². The third-order valence-electron chi connectivity index (χ3n) is 4.11. The molecule has 25 heavy (non-hydrogen) atoms. The van der Waals surface area contributed by atoms with Gasteiger partial charge in [0.2, 0.25) is 0 Å². The van der Waals surface area contributed by atoms with Crippen LogP contribution in [-0.2, 0) is 4.74 Å². The molecule has 1 aliphatic heterocycles. The first-order valence-corrected chi connectivity index (χ1v) is 8.47. The predicted molar refractivity (Wildman–Crippen MR) is 100.0 cm³/mol. The van der Waals surface area contributed by atoms with Crippen LogP contribution in [0.2, 0.25) is 0 Å². The number of allylic oxidation sites excluding steroid dienone is 6. The maximum atomic E-state index is 9.02. The van der Waals surface area contributed by atoms with E-state index in [1.165, 1.54) is 18.4 Å². The molecule has 0 aliphatic carbocycles. The normalized spacial score (nSPS) is 14.8. The molecule has 0 amide bonds. The first kappa shape index (κ1) is 18.3. The summed E-state index contributed by atoms with van der Waals surface area (Å²) >= 11 is 0. The van der Waals surface area contributed by atoms with Crippen molar-refractivity contribution in [3.8, 4) is 12.1 Å². The van der Waals surface area contributed by atoms with Crippen LogP contribution < -0.4 is 0 Å². The monoisotopic (exact) mass is 330 g/mol. The van der Waals surface area contributed by atoms with Gasteiger partial charge in [-0.05, 0) is 48.6 Å². The van der Waals surface area contributed by atoms with Gasteiger partial charge in [-0.25, -0.2) is 0 Å². The van der Waals surface area contributed by atoms with E-state index in [1.54, 1.807) is 19.1 Å². The Bertz CT molecular complexity index is 808. The van der Waals surface area contributed by atoms with Gasteiger partial charge < -0.3 is 4.74 Å². The molecule has 0 spiro atoms. The minimum absolute atomic E-state index is 0.0859. The second-order valence-electron chi connectivity index (χ2n) is 6.15. The highest BCUT2D eigenvalue weighted by molar-refractivity contribution is 5.57. The van der Waals surface area contributed by atoms with Gasteiger partial charge in [-0.3, -0.25) is 0 Å². The Balaban J connectivity index is 2.18. The summed E-state index contributed by atoms with van der Waals surface area (Å²) in [7, 11) is 0. The highest BCUT2D eigenvalue weighted by Crippen LogP contribution is 2.24. The number of rotatable bonds is 5. The second-order valence-corrected chi connectivity index (χ2v) is 6.15. The molecule has 0 aromatic heterocycles. The van der Waals surface area contributed by atoms with Crippen LogP contribution in [-0.4, -0.2) is 0 Å². The molecule has 1 aromatic carbocycles. The van der Waals surface area contributed by atoms with E-state index >= 15 is 0 Å². The van der Waals surface area contributed by atoms with Crippen LogP contribution in [0.5, 0.6) is 0 Å². The smallest absolute Gasteiger partial charge is 0.137 e. The minimum atomic E-state index is 0.0859. The fraction of sp³-hybridized carbons (Fsp3) is 0.273. The average molecular weight is 330 g/mol. The second kappa shape index (κ2) is 8.71. The van der Waals surface area contributed by atoms with Crippen LogP contribution in [0, 0.1) is 22.7 Å². The van der Waals surface area contributed by atoms with Crippen molar-refractivity contribution >= 4 is 6.08 Å². The Labute approximate surface area is 149 Å². The Morgan fingerprint density at radius 2 is 1.80 bits per heavy atom. The van der Waals surface area contributed by atoms with Crippen molar-refractivity contribution in [3.63, 3.8) is 0 Å².